The van der Waals surface area contributed by atoms with Crippen molar-refractivity contribution in [2.45, 2.75) is 12.3 Å². The van der Waals surface area contributed by atoms with E-state index in [9.17, 15) is 18.8 Å². The average molecular weight is 489 g/mol. The maximum atomic E-state index is 13.4. The topological polar surface area (TPSA) is 86.7 Å². The van der Waals surface area contributed by atoms with E-state index < -0.39 is 17.7 Å². The first-order valence-electron chi connectivity index (χ1n) is 10.7. The summed E-state index contributed by atoms with van der Waals surface area (Å²) in [6.45, 7) is 0. The second-order valence-corrected chi connectivity index (χ2v) is 8.67. The summed E-state index contributed by atoms with van der Waals surface area (Å²) in [5.41, 5.74) is 1.23. The zero-order chi connectivity index (χ0) is 24.3. The Balaban J connectivity index is 1.59. The van der Waals surface area contributed by atoms with Crippen LogP contribution in [0, 0.1) is 5.82 Å². The first kappa shape index (κ1) is 21.3. The van der Waals surface area contributed by atoms with E-state index in [1.54, 1.807) is 12.1 Å². The van der Waals surface area contributed by atoms with E-state index in [1.165, 1.54) is 55.0 Å². The van der Waals surface area contributed by atoms with Gasteiger partial charge in [0, 0.05) is 22.1 Å². The second kappa shape index (κ2) is 7.92. The molecule has 0 saturated heterocycles. The van der Waals surface area contributed by atoms with Crippen molar-refractivity contribution in [2.24, 2.45) is 0 Å². The average Bonchev–Trinajstić information content (AvgIpc) is 2.85. The fourth-order valence-electron chi connectivity index (χ4n) is 4.51. The van der Waals surface area contributed by atoms with Crippen molar-refractivity contribution in [1.82, 2.24) is 0 Å². The molecule has 35 heavy (non-hydrogen) atoms. The van der Waals surface area contributed by atoms with Gasteiger partial charge in [0.2, 0.25) is 5.43 Å². The molecule has 0 spiro atoms. The van der Waals surface area contributed by atoms with Crippen molar-refractivity contribution < 1.29 is 22.8 Å². The minimum absolute atomic E-state index is 0.146. The van der Waals surface area contributed by atoms with Crippen LogP contribution in [0.15, 0.2) is 85.5 Å². The van der Waals surface area contributed by atoms with Crippen LogP contribution in [0.1, 0.15) is 23.5 Å². The van der Waals surface area contributed by atoms with Crippen LogP contribution in [0.25, 0.3) is 33.1 Å². The maximum absolute atomic E-state index is 13.4. The third-order valence-corrected chi connectivity index (χ3v) is 6.41. The fourth-order valence-corrected chi connectivity index (χ4v) is 4.68. The highest BCUT2D eigenvalue weighted by atomic mass is 35.5. The second-order valence-electron chi connectivity index (χ2n) is 8.23. The molecule has 3 aromatic carbocycles. The molecule has 1 atom stereocenters. The Morgan fingerprint density at radius 3 is 2.46 bits per heavy atom. The van der Waals surface area contributed by atoms with Crippen LogP contribution in [-0.2, 0) is 4.79 Å². The van der Waals surface area contributed by atoms with Gasteiger partial charge >= 0.3 is 5.97 Å². The maximum Gasteiger partial charge on any atom is 0.312 e. The normalized spacial score (nSPS) is 15.3. The molecule has 2 aromatic heterocycles. The molecule has 0 amide bonds. The predicted molar refractivity (Wildman–Crippen MR) is 127 cm³/mol. The summed E-state index contributed by atoms with van der Waals surface area (Å²) < 4.78 is 30.3. The van der Waals surface area contributed by atoms with Gasteiger partial charge in [-0.05, 0) is 48.0 Å². The molecule has 6 nitrogen and oxygen atoms in total. The van der Waals surface area contributed by atoms with Crippen molar-refractivity contribution in [3.8, 4) is 16.9 Å². The number of carbonyl (C=O) groups is 1. The van der Waals surface area contributed by atoms with E-state index in [2.05, 4.69) is 0 Å². The van der Waals surface area contributed by atoms with Crippen LogP contribution in [-0.4, -0.2) is 5.97 Å². The molecule has 5 aromatic rings. The SMILES string of the molecule is O=C1C[C@@H](c2coc3ccc(Cl)cc3c2=O)c2c(ccc3c(=O)c(-c4ccc(F)cc4)coc23)O1. The van der Waals surface area contributed by atoms with Crippen LogP contribution in [0.2, 0.25) is 5.02 Å². The highest BCUT2D eigenvalue weighted by Gasteiger charge is 2.34. The zero-order valence-electron chi connectivity index (χ0n) is 17.8. The Morgan fingerprint density at radius 2 is 1.66 bits per heavy atom. The van der Waals surface area contributed by atoms with Crippen LogP contribution in [0.5, 0.6) is 5.75 Å². The standard InChI is InChI=1S/C27H14ClFO6/c28-14-3-7-21-18(9-14)26(32)20(12-33-21)17-10-23(30)35-22-8-6-16-25(31)19(11-34-27(16)24(17)22)13-1-4-15(29)5-2-13/h1-9,11-12,17H,10H2/t17-/m0/s1. The number of halogens is 2. The molecule has 0 fully saturated rings. The number of esters is 1. The number of carbonyl (C=O) groups excluding carboxylic acids is 1. The molecular weight excluding hydrogens is 475 g/mol. The zero-order valence-corrected chi connectivity index (χ0v) is 18.6. The Hall–Kier alpha value is -4.23. The number of ether oxygens (including phenoxy) is 1. The van der Waals surface area contributed by atoms with Gasteiger partial charge < -0.3 is 13.6 Å². The van der Waals surface area contributed by atoms with Crippen LogP contribution < -0.4 is 15.6 Å². The highest BCUT2D eigenvalue weighted by molar-refractivity contribution is 6.31. The molecule has 0 unspecified atom stereocenters. The van der Waals surface area contributed by atoms with Gasteiger partial charge in [0.25, 0.3) is 0 Å². The molecule has 0 bridgehead atoms. The molecule has 1 aliphatic rings. The van der Waals surface area contributed by atoms with E-state index in [-0.39, 0.29) is 50.5 Å². The monoisotopic (exact) mass is 488 g/mol. The minimum Gasteiger partial charge on any atom is -0.464 e. The van der Waals surface area contributed by atoms with Crippen LogP contribution in [0.4, 0.5) is 4.39 Å². The van der Waals surface area contributed by atoms with E-state index in [4.69, 9.17) is 25.2 Å². The molecule has 0 radical (unpaired) electrons. The van der Waals surface area contributed by atoms with E-state index in [1.807, 2.05) is 0 Å². The third kappa shape index (κ3) is 3.43. The van der Waals surface area contributed by atoms with Gasteiger partial charge in [-0.15, -0.1) is 0 Å². The molecular formula is C27H14ClFO6. The first-order chi connectivity index (χ1) is 16.9. The Bertz CT molecular complexity index is 1790. The number of rotatable bonds is 2. The molecule has 3 heterocycles. The molecule has 8 heteroatoms. The van der Waals surface area contributed by atoms with Crippen LogP contribution in [0.3, 0.4) is 0 Å². The molecule has 0 N–H and O–H groups in total. The largest absolute Gasteiger partial charge is 0.464 e. The first-order valence-corrected chi connectivity index (χ1v) is 11.0. The van der Waals surface area contributed by atoms with E-state index >= 15 is 0 Å². The van der Waals surface area contributed by atoms with Gasteiger partial charge in [-0.3, -0.25) is 14.4 Å². The fraction of sp³-hybridized carbons (Fsp3) is 0.0741. The third-order valence-electron chi connectivity index (χ3n) is 6.17. The highest BCUT2D eigenvalue weighted by Crippen LogP contribution is 2.42. The van der Waals surface area contributed by atoms with Gasteiger partial charge in [0.15, 0.2) is 5.43 Å². The predicted octanol–water partition coefficient (Wildman–Crippen LogP) is 5.80. The summed E-state index contributed by atoms with van der Waals surface area (Å²) in [6.07, 6.45) is 2.45. The summed E-state index contributed by atoms with van der Waals surface area (Å²) in [5, 5.41) is 0.882. The lowest BCUT2D eigenvalue weighted by molar-refractivity contribution is -0.135. The van der Waals surface area contributed by atoms with Crippen molar-refractivity contribution in [3.05, 3.63) is 110 Å². The summed E-state index contributed by atoms with van der Waals surface area (Å²) in [4.78, 5) is 39.1. The lowest BCUT2D eigenvalue weighted by Crippen LogP contribution is -2.25. The number of fused-ring (bicyclic) bond motifs is 4. The summed E-state index contributed by atoms with van der Waals surface area (Å²) in [6, 6.07) is 13.2. The number of hydrogen-bond acceptors (Lipinski definition) is 6. The molecule has 172 valence electrons. The van der Waals surface area contributed by atoms with Crippen molar-refractivity contribution in [1.29, 1.82) is 0 Å². The molecule has 0 aliphatic carbocycles. The lowest BCUT2D eigenvalue weighted by Gasteiger charge is -2.25. The summed E-state index contributed by atoms with van der Waals surface area (Å²) in [7, 11) is 0. The quantitative estimate of drug-likeness (QED) is 0.230. The number of benzene rings is 3. The summed E-state index contributed by atoms with van der Waals surface area (Å²) >= 11 is 6.08. The van der Waals surface area contributed by atoms with Crippen LogP contribution >= 0.6 is 11.6 Å². The molecule has 6 rings (SSSR count). The van der Waals surface area contributed by atoms with Gasteiger partial charge in [-0.2, -0.15) is 0 Å². The Kier molecular flexibility index (Phi) is 4.82. The molecule has 1 aliphatic heterocycles. The lowest BCUT2D eigenvalue weighted by atomic mass is 9.85. The molecule has 0 saturated carbocycles. The number of hydrogen-bond donors (Lipinski definition) is 0. The Labute approximate surface area is 201 Å². The van der Waals surface area contributed by atoms with Gasteiger partial charge in [0.05, 0.1) is 29.0 Å². The van der Waals surface area contributed by atoms with Crippen molar-refractivity contribution in [2.75, 3.05) is 0 Å². The minimum atomic E-state index is -0.769. The smallest absolute Gasteiger partial charge is 0.312 e. The van der Waals surface area contributed by atoms with Crippen molar-refractivity contribution in [3.63, 3.8) is 0 Å². The van der Waals surface area contributed by atoms with Gasteiger partial charge in [-0.1, -0.05) is 23.7 Å². The van der Waals surface area contributed by atoms with Gasteiger partial charge in [-0.25, -0.2) is 4.39 Å². The van der Waals surface area contributed by atoms with E-state index in [0.717, 1.165) is 0 Å². The van der Waals surface area contributed by atoms with E-state index in [0.29, 0.717) is 21.7 Å². The van der Waals surface area contributed by atoms with Gasteiger partial charge in [0.1, 0.15) is 29.0 Å². The van der Waals surface area contributed by atoms with Crippen molar-refractivity contribution >= 4 is 39.5 Å². The Morgan fingerprint density at radius 1 is 0.857 bits per heavy atom. The summed E-state index contributed by atoms with van der Waals surface area (Å²) in [5.74, 6) is -1.53.